The van der Waals surface area contributed by atoms with Gasteiger partial charge in [0.1, 0.15) is 0 Å². The summed E-state index contributed by atoms with van der Waals surface area (Å²) < 4.78 is 5.08. The Morgan fingerprint density at radius 1 is 1.11 bits per heavy atom. The molecule has 0 amide bonds. The standard InChI is InChI=1S/C7H15ClO.C7H14O.2CH4/c1-7(2,3)4-6(9)5-8;1-7(2,3)4-6-5-8-6;;/h6,9H,4-5H2,1-3H3;6H,4-5H2,1-3H3;2*1H4. The van der Waals surface area contributed by atoms with E-state index in [4.69, 9.17) is 21.4 Å². The van der Waals surface area contributed by atoms with Crippen LogP contribution in [0.25, 0.3) is 0 Å². The number of aliphatic hydroxyl groups is 1. The average molecular weight is 297 g/mol. The van der Waals surface area contributed by atoms with Crippen LogP contribution in [0.3, 0.4) is 0 Å². The molecule has 1 aliphatic heterocycles. The fourth-order valence-corrected chi connectivity index (χ4v) is 1.74. The first kappa shape index (κ1) is 24.2. The Morgan fingerprint density at radius 2 is 1.53 bits per heavy atom. The molecule has 1 aliphatic rings. The highest BCUT2D eigenvalue weighted by atomic mass is 35.5. The molecule has 0 aromatic rings. The third kappa shape index (κ3) is 20.7. The largest absolute Gasteiger partial charge is 0.392 e. The third-order valence-corrected chi connectivity index (χ3v) is 2.62. The van der Waals surface area contributed by atoms with E-state index in [0.29, 0.717) is 17.4 Å². The van der Waals surface area contributed by atoms with Gasteiger partial charge in [-0.3, -0.25) is 0 Å². The summed E-state index contributed by atoms with van der Waals surface area (Å²) in [5.74, 6) is 0.345. The Morgan fingerprint density at radius 3 is 1.63 bits per heavy atom. The second-order valence-corrected chi connectivity index (χ2v) is 7.60. The number of halogens is 1. The quantitative estimate of drug-likeness (QED) is 0.579. The molecule has 3 heteroatoms. The van der Waals surface area contributed by atoms with Gasteiger partial charge in [-0.1, -0.05) is 56.4 Å². The zero-order valence-electron chi connectivity index (χ0n) is 12.2. The SMILES string of the molecule is C.C.CC(C)(C)CC(O)CCl.CC(C)(C)CC1CO1. The molecule has 0 saturated carbocycles. The molecule has 1 rings (SSSR count). The number of epoxide rings is 1. The lowest BCUT2D eigenvalue weighted by Gasteiger charge is -2.20. The molecule has 1 saturated heterocycles. The minimum atomic E-state index is -0.341. The average Bonchev–Trinajstić information content (AvgIpc) is 2.83. The smallest absolute Gasteiger partial charge is 0.0814 e. The minimum Gasteiger partial charge on any atom is -0.392 e. The lowest BCUT2D eigenvalue weighted by atomic mass is 9.90. The number of rotatable bonds is 3. The highest BCUT2D eigenvalue weighted by molar-refractivity contribution is 6.18. The van der Waals surface area contributed by atoms with Crippen molar-refractivity contribution >= 4 is 11.6 Å². The topological polar surface area (TPSA) is 32.8 Å². The van der Waals surface area contributed by atoms with E-state index in [9.17, 15) is 0 Å². The van der Waals surface area contributed by atoms with Crippen molar-refractivity contribution in [1.29, 1.82) is 0 Å². The molecule has 2 atom stereocenters. The maximum absolute atomic E-state index is 9.06. The lowest BCUT2D eigenvalue weighted by Crippen LogP contribution is -2.18. The molecule has 120 valence electrons. The van der Waals surface area contributed by atoms with Gasteiger partial charge in [-0.15, -0.1) is 11.6 Å². The monoisotopic (exact) mass is 296 g/mol. The molecule has 1 fully saturated rings. The van der Waals surface area contributed by atoms with Crippen LogP contribution < -0.4 is 0 Å². The van der Waals surface area contributed by atoms with Crippen molar-refractivity contribution in [3.8, 4) is 0 Å². The maximum Gasteiger partial charge on any atom is 0.0814 e. The van der Waals surface area contributed by atoms with Gasteiger partial charge in [0.25, 0.3) is 0 Å². The number of ether oxygens (including phenoxy) is 1. The van der Waals surface area contributed by atoms with E-state index in [1.54, 1.807) is 0 Å². The maximum atomic E-state index is 9.06. The van der Waals surface area contributed by atoms with Crippen LogP contribution >= 0.6 is 11.6 Å². The third-order valence-electron chi connectivity index (χ3n) is 2.27. The van der Waals surface area contributed by atoms with Gasteiger partial charge in [0, 0.05) is 5.88 Å². The molecule has 1 heterocycles. The van der Waals surface area contributed by atoms with Crippen LogP contribution in [0.5, 0.6) is 0 Å². The highest BCUT2D eigenvalue weighted by Crippen LogP contribution is 2.27. The first-order chi connectivity index (χ1) is 7.53. The summed E-state index contributed by atoms with van der Waals surface area (Å²) in [5.41, 5.74) is 0.648. The molecule has 2 unspecified atom stereocenters. The number of aliphatic hydroxyl groups excluding tert-OH is 1. The van der Waals surface area contributed by atoms with Crippen molar-refractivity contribution in [2.45, 2.75) is 81.4 Å². The summed E-state index contributed by atoms with van der Waals surface area (Å²) in [6, 6.07) is 0. The zero-order chi connectivity index (χ0) is 13.7. The first-order valence-electron chi connectivity index (χ1n) is 6.39. The van der Waals surface area contributed by atoms with Crippen LogP contribution in [0.4, 0.5) is 0 Å². The van der Waals surface area contributed by atoms with Crippen molar-refractivity contribution < 1.29 is 9.84 Å². The summed E-state index contributed by atoms with van der Waals surface area (Å²) in [5, 5.41) is 9.06. The highest BCUT2D eigenvalue weighted by Gasteiger charge is 2.27. The van der Waals surface area contributed by atoms with Crippen LogP contribution in [0.15, 0.2) is 0 Å². The van der Waals surface area contributed by atoms with E-state index in [2.05, 4.69) is 41.5 Å². The molecule has 0 aromatic heterocycles. The van der Waals surface area contributed by atoms with Crippen LogP contribution in [-0.4, -0.2) is 29.8 Å². The van der Waals surface area contributed by atoms with Crippen molar-refractivity contribution in [2.24, 2.45) is 10.8 Å². The van der Waals surface area contributed by atoms with Gasteiger partial charge in [-0.2, -0.15) is 0 Å². The van der Waals surface area contributed by atoms with Gasteiger partial charge in [-0.05, 0) is 23.7 Å². The summed E-state index contributed by atoms with van der Waals surface area (Å²) in [7, 11) is 0. The predicted octanol–water partition coefficient (Wildman–Crippen LogP) is 5.12. The molecular formula is C16H37ClO2. The Hall–Kier alpha value is 0.210. The van der Waals surface area contributed by atoms with Gasteiger partial charge < -0.3 is 9.84 Å². The van der Waals surface area contributed by atoms with E-state index < -0.39 is 0 Å². The molecule has 0 radical (unpaired) electrons. The second-order valence-electron chi connectivity index (χ2n) is 7.29. The van der Waals surface area contributed by atoms with Crippen LogP contribution in [0.1, 0.15) is 69.2 Å². The van der Waals surface area contributed by atoms with E-state index >= 15 is 0 Å². The molecular weight excluding hydrogens is 260 g/mol. The van der Waals surface area contributed by atoms with E-state index in [-0.39, 0.29) is 26.4 Å². The van der Waals surface area contributed by atoms with Crippen molar-refractivity contribution in [3.63, 3.8) is 0 Å². The summed E-state index contributed by atoms with van der Waals surface area (Å²) in [6.45, 7) is 14.0. The summed E-state index contributed by atoms with van der Waals surface area (Å²) in [6.07, 6.45) is 2.24. The van der Waals surface area contributed by atoms with Crippen molar-refractivity contribution in [1.82, 2.24) is 0 Å². The first-order valence-corrected chi connectivity index (χ1v) is 6.92. The molecule has 2 nitrogen and oxygen atoms in total. The summed E-state index contributed by atoms with van der Waals surface area (Å²) >= 11 is 5.41. The predicted molar refractivity (Wildman–Crippen MR) is 88.1 cm³/mol. The van der Waals surface area contributed by atoms with Gasteiger partial charge in [-0.25, -0.2) is 0 Å². The number of hydrogen-bond donors (Lipinski definition) is 1. The fraction of sp³-hybridized carbons (Fsp3) is 1.00. The summed E-state index contributed by atoms with van der Waals surface area (Å²) in [4.78, 5) is 0. The van der Waals surface area contributed by atoms with Gasteiger partial charge >= 0.3 is 0 Å². The Balaban J connectivity index is -0.000000244. The zero-order valence-corrected chi connectivity index (χ0v) is 13.0. The van der Waals surface area contributed by atoms with E-state index in [1.165, 1.54) is 6.42 Å². The molecule has 0 spiro atoms. The lowest BCUT2D eigenvalue weighted by molar-refractivity contribution is 0.141. The Bertz CT molecular complexity index is 200. The van der Waals surface area contributed by atoms with Gasteiger partial charge in [0.2, 0.25) is 0 Å². The molecule has 1 N–H and O–H groups in total. The Kier molecular flexibility index (Phi) is 12.8. The van der Waals surface area contributed by atoms with Crippen LogP contribution in [0, 0.1) is 10.8 Å². The van der Waals surface area contributed by atoms with Crippen molar-refractivity contribution in [3.05, 3.63) is 0 Å². The second kappa shape index (κ2) is 10.0. The molecule has 0 aliphatic carbocycles. The van der Waals surface area contributed by atoms with Gasteiger partial charge in [0.05, 0.1) is 18.8 Å². The van der Waals surface area contributed by atoms with Gasteiger partial charge in [0.15, 0.2) is 0 Å². The van der Waals surface area contributed by atoms with Crippen LogP contribution in [0.2, 0.25) is 0 Å². The molecule has 0 aromatic carbocycles. The van der Waals surface area contributed by atoms with Crippen LogP contribution in [-0.2, 0) is 4.74 Å². The number of hydrogen-bond acceptors (Lipinski definition) is 2. The van der Waals surface area contributed by atoms with E-state index in [1.807, 2.05) is 0 Å². The Labute approximate surface area is 126 Å². The molecule has 19 heavy (non-hydrogen) atoms. The molecule has 0 bridgehead atoms. The number of alkyl halides is 1. The van der Waals surface area contributed by atoms with Crippen molar-refractivity contribution in [2.75, 3.05) is 12.5 Å². The normalized spacial score (nSPS) is 19.3. The van der Waals surface area contributed by atoms with E-state index in [0.717, 1.165) is 13.0 Å². The minimum absolute atomic E-state index is 0. The fourth-order valence-electron chi connectivity index (χ4n) is 1.63.